The number of amides is 1. The van der Waals surface area contributed by atoms with Gasteiger partial charge < -0.3 is 9.80 Å². The van der Waals surface area contributed by atoms with Crippen LogP contribution in [0.25, 0.3) is 0 Å². The summed E-state index contributed by atoms with van der Waals surface area (Å²) in [5.41, 5.74) is 0.933. The minimum atomic E-state index is -0.354. The summed E-state index contributed by atoms with van der Waals surface area (Å²) in [5.74, 6) is 0.0866. The molecule has 0 spiro atoms. The van der Waals surface area contributed by atoms with E-state index in [1.54, 1.807) is 17.9 Å². The molecule has 98 valence electrons. The molecule has 1 aromatic heterocycles. The molecule has 0 unspecified atom stereocenters. The Morgan fingerprint density at radius 1 is 1.39 bits per heavy atom. The van der Waals surface area contributed by atoms with Gasteiger partial charge in [0.05, 0.1) is 4.92 Å². The second-order valence-corrected chi connectivity index (χ2v) is 5.33. The molecule has 0 N–H and O–H groups in total. The fraction of sp³-hybridized carbons (Fsp3) is 0.545. The highest BCUT2D eigenvalue weighted by molar-refractivity contribution is 7.19. The molecule has 0 saturated carbocycles. The Hall–Kier alpha value is -1.63. The zero-order valence-electron chi connectivity index (χ0n) is 10.4. The molecule has 1 saturated heterocycles. The van der Waals surface area contributed by atoms with Gasteiger partial charge >= 0.3 is 5.00 Å². The minimum absolute atomic E-state index is 0.0866. The minimum Gasteiger partial charge on any atom is -0.359 e. The van der Waals surface area contributed by atoms with Crippen LogP contribution in [-0.2, 0) is 4.79 Å². The summed E-state index contributed by atoms with van der Waals surface area (Å²) in [5, 5.41) is 11.9. The van der Waals surface area contributed by atoms with Gasteiger partial charge in [-0.25, -0.2) is 0 Å². The number of hydrogen-bond donors (Lipinski definition) is 0. The van der Waals surface area contributed by atoms with E-state index in [-0.39, 0.29) is 15.8 Å². The maximum atomic E-state index is 11.2. The van der Waals surface area contributed by atoms with Gasteiger partial charge in [0.2, 0.25) is 5.91 Å². The number of nitrogens with zero attached hydrogens (tertiary/aromatic N) is 3. The molecule has 18 heavy (non-hydrogen) atoms. The van der Waals surface area contributed by atoms with E-state index in [0.29, 0.717) is 13.1 Å². The van der Waals surface area contributed by atoms with Gasteiger partial charge in [0.1, 0.15) is 5.00 Å². The van der Waals surface area contributed by atoms with Gasteiger partial charge in [0.25, 0.3) is 0 Å². The molecule has 7 heteroatoms. The maximum absolute atomic E-state index is 11.2. The highest BCUT2D eigenvalue weighted by atomic mass is 32.1. The van der Waals surface area contributed by atoms with Crippen LogP contribution in [0.4, 0.5) is 10.0 Å². The van der Waals surface area contributed by atoms with E-state index in [0.717, 1.165) is 23.7 Å². The molecule has 0 atom stereocenters. The van der Waals surface area contributed by atoms with E-state index in [1.807, 2.05) is 6.92 Å². The number of piperazine rings is 1. The third-order valence-corrected chi connectivity index (χ3v) is 4.32. The molecule has 0 bridgehead atoms. The number of thiophene rings is 1. The van der Waals surface area contributed by atoms with Crippen molar-refractivity contribution in [3.63, 3.8) is 0 Å². The average Bonchev–Trinajstić information content (AvgIpc) is 2.71. The van der Waals surface area contributed by atoms with Crippen LogP contribution in [0.15, 0.2) is 6.07 Å². The Kier molecular flexibility index (Phi) is 3.51. The Morgan fingerprint density at radius 2 is 2.00 bits per heavy atom. The lowest BCUT2D eigenvalue weighted by atomic mass is 10.3. The second kappa shape index (κ2) is 4.93. The third-order valence-electron chi connectivity index (χ3n) is 3.07. The van der Waals surface area contributed by atoms with Gasteiger partial charge in [-0.1, -0.05) is 0 Å². The van der Waals surface area contributed by atoms with Crippen LogP contribution in [0.1, 0.15) is 12.5 Å². The Morgan fingerprint density at radius 3 is 2.44 bits per heavy atom. The predicted molar refractivity (Wildman–Crippen MR) is 70.2 cm³/mol. The quantitative estimate of drug-likeness (QED) is 0.604. The summed E-state index contributed by atoms with van der Waals surface area (Å²) < 4.78 is 0. The van der Waals surface area contributed by atoms with Crippen LogP contribution in [0.5, 0.6) is 0 Å². The lowest BCUT2D eigenvalue weighted by Crippen LogP contribution is -2.48. The van der Waals surface area contributed by atoms with E-state index < -0.39 is 0 Å². The first-order chi connectivity index (χ1) is 8.49. The second-order valence-electron chi connectivity index (χ2n) is 4.32. The monoisotopic (exact) mass is 269 g/mol. The Labute approximate surface area is 109 Å². The van der Waals surface area contributed by atoms with Gasteiger partial charge in [-0.3, -0.25) is 14.9 Å². The molecular weight excluding hydrogens is 254 g/mol. The van der Waals surface area contributed by atoms with Gasteiger partial charge in [0.15, 0.2) is 0 Å². The molecule has 1 aromatic rings. The number of anilines is 1. The summed E-state index contributed by atoms with van der Waals surface area (Å²) in [6.07, 6.45) is 0. The summed E-state index contributed by atoms with van der Waals surface area (Å²) in [6, 6.07) is 1.61. The van der Waals surface area contributed by atoms with Crippen molar-refractivity contribution in [2.24, 2.45) is 0 Å². The first-order valence-corrected chi connectivity index (χ1v) is 6.56. The number of rotatable bonds is 2. The number of hydrogen-bond acceptors (Lipinski definition) is 5. The molecule has 2 heterocycles. The van der Waals surface area contributed by atoms with Crippen LogP contribution >= 0.6 is 11.3 Å². The molecule has 0 aliphatic carbocycles. The van der Waals surface area contributed by atoms with Gasteiger partial charge in [0, 0.05) is 39.2 Å². The number of carbonyl (C=O) groups is 1. The van der Waals surface area contributed by atoms with Crippen LogP contribution in [0, 0.1) is 17.0 Å². The topological polar surface area (TPSA) is 66.7 Å². The molecule has 6 nitrogen and oxygen atoms in total. The van der Waals surface area contributed by atoms with Gasteiger partial charge in [-0.2, -0.15) is 0 Å². The zero-order valence-corrected chi connectivity index (χ0v) is 11.2. The summed E-state index contributed by atoms with van der Waals surface area (Å²) in [7, 11) is 0. The van der Waals surface area contributed by atoms with Crippen molar-refractivity contribution >= 4 is 27.2 Å². The molecule has 2 rings (SSSR count). The lowest BCUT2D eigenvalue weighted by molar-refractivity contribution is -0.380. The van der Waals surface area contributed by atoms with Crippen molar-refractivity contribution < 1.29 is 9.72 Å². The van der Waals surface area contributed by atoms with Crippen LogP contribution in [0.2, 0.25) is 0 Å². The smallest absolute Gasteiger partial charge is 0.326 e. The molecule has 1 aliphatic rings. The molecule has 1 fully saturated rings. The number of aryl methyl sites for hydroxylation is 1. The first-order valence-electron chi connectivity index (χ1n) is 5.74. The lowest BCUT2D eigenvalue weighted by Gasteiger charge is -2.35. The van der Waals surface area contributed by atoms with Crippen molar-refractivity contribution in [3.8, 4) is 0 Å². The fourth-order valence-corrected chi connectivity index (χ4v) is 3.12. The average molecular weight is 269 g/mol. The van der Waals surface area contributed by atoms with Crippen molar-refractivity contribution in [1.82, 2.24) is 4.90 Å². The van der Waals surface area contributed by atoms with Gasteiger partial charge in [-0.05, 0) is 23.8 Å². The largest absolute Gasteiger partial charge is 0.359 e. The zero-order chi connectivity index (χ0) is 13.3. The highest BCUT2D eigenvalue weighted by Gasteiger charge is 2.23. The summed E-state index contributed by atoms with van der Waals surface area (Å²) in [6.45, 7) is 6.28. The normalized spacial score (nSPS) is 15.9. The van der Waals surface area contributed by atoms with Gasteiger partial charge in [-0.15, -0.1) is 0 Å². The standard InChI is InChI=1S/C11H15N3O3S/c1-8-7-10(14(16)17)18-11(8)13-5-3-12(4-6-13)9(2)15/h7H,3-6H2,1-2H3. The van der Waals surface area contributed by atoms with Crippen molar-refractivity contribution in [2.75, 3.05) is 31.1 Å². The Balaban J connectivity index is 2.10. The van der Waals surface area contributed by atoms with E-state index >= 15 is 0 Å². The van der Waals surface area contributed by atoms with Crippen LogP contribution in [-0.4, -0.2) is 41.9 Å². The fourth-order valence-electron chi connectivity index (χ4n) is 2.08. The highest BCUT2D eigenvalue weighted by Crippen LogP contribution is 2.36. The van der Waals surface area contributed by atoms with E-state index in [1.165, 1.54) is 11.3 Å². The molecule has 0 radical (unpaired) electrons. The number of carbonyl (C=O) groups excluding carboxylic acids is 1. The number of nitro groups is 1. The molecule has 1 amide bonds. The van der Waals surface area contributed by atoms with Crippen molar-refractivity contribution in [1.29, 1.82) is 0 Å². The first kappa shape index (κ1) is 12.8. The third kappa shape index (κ3) is 2.45. The molecule has 0 aromatic carbocycles. The predicted octanol–water partition coefficient (Wildman–Crippen LogP) is 1.63. The SMILES string of the molecule is CC(=O)N1CCN(c2sc([N+](=O)[O-])cc2C)CC1. The summed E-state index contributed by atoms with van der Waals surface area (Å²) in [4.78, 5) is 25.5. The molecular formula is C11H15N3O3S. The van der Waals surface area contributed by atoms with E-state index in [2.05, 4.69) is 4.90 Å². The van der Waals surface area contributed by atoms with Crippen molar-refractivity contribution in [3.05, 3.63) is 21.7 Å². The molecule has 1 aliphatic heterocycles. The van der Waals surface area contributed by atoms with E-state index in [4.69, 9.17) is 0 Å². The van der Waals surface area contributed by atoms with Crippen molar-refractivity contribution in [2.45, 2.75) is 13.8 Å². The van der Waals surface area contributed by atoms with Crippen LogP contribution in [0.3, 0.4) is 0 Å². The van der Waals surface area contributed by atoms with Crippen LogP contribution < -0.4 is 4.90 Å². The summed E-state index contributed by atoms with van der Waals surface area (Å²) >= 11 is 1.21. The Bertz CT molecular complexity index is 478. The van der Waals surface area contributed by atoms with E-state index in [9.17, 15) is 14.9 Å². The maximum Gasteiger partial charge on any atom is 0.326 e.